The molecule has 0 saturated heterocycles. The maximum absolute atomic E-state index is 9.19. The van der Waals surface area contributed by atoms with Gasteiger partial charge >= 0.3 is 0 Å². The molecule has 0 aromatic heterocycles. The van der Waals surface area contributed by atoms with Gasteiger partial charge in [0.05, 0.1) is 6.10 Å². The van der Waals surface area contributed by atoms with E-state index in [4.69, 9.17) is 0 Å². The summed E-state index contributed by atoms with van der Waals surface area (Å²) in [6, 6.07) is 0.932. The SMILES string of the molecule is CCC1CC1NC(C)C(C)O. The number of hydrogen-bond donors (Lipinski definition) is 2. The fourth-order valence-electron chi connectivity index (χ4n) is 1.38. The van der Waals surface area contributed by atoms with Crippen molar-refractivity contribution in [3.63, 3.8) is 0 Å². The molecule has 0 amide bonds. The van der Waals surface area contributed by atoms with Crippen molar-refractivity contribution in [3.05, 3.63) is 0 Å². The van der Waals surface area contributed by atoms with E-state index in [0.717, 1.165) is 5.92 Å². The van der Waals surface area contributed by atoms with E-state index in [9.17, 15) is 5.11 Å². The quantitative estimate of drug-likeness (QED) is 0.641. The van der Waals surface area contributed by atoms with Gasteiger partial charge in [-0.05, 0) is 26.2 Å². The van der Waals surface area contributed by atoms with Gasteiger partial charge in [0.15, 0.2) is 0 Å². The number of aliphatic hydroxyl groups excluding tert-OH is 1. The van der Waals surface area contributed by atoms with Crippen molar-refractivity contribution < 1.29 is 5.11 Å². The molecule has 2 N–H and O–H groups in total. The molecule has 0 aromatic rings. The molecule has 0 spiro atoms. The lowest BCUT2D eigenvalue weighted by molar-refractivity contribution is 0.151. The van der Waals surface area contributed by atoms with Crippen LogP contribution in [-0.2, 0) is 0 Å². The van der Waals surface area contributed by atoms with Crippen LogP contribution in [0.15, 0.2) is 0 Å². The first-order valence-corrected chi connectivity index (χ1v) is 4.59. The minimum absolute atomic E-state index is 0.229. The van der Waals surface area contributed by atoms with Gasteiger partial charge in [-0.1, -0.05) is 13.3 Å². The summed E-state index contributed by atoms with van der Waals surface area (Å²) in [5.74, 6) is 0.871. The van der Waals surface area contributed by atoms with Crippen molar-refractivity contribution in [3.8, 4) is 0 Å². The zero-order chi connectivity index (χ0) is 8.43. The molecular formula is C9H19NO. The van der Waals surface area contributed by atoms with Gasteiger partial charge < -0.3 is 10.4 Å². The second kappa shape index (κ2) is 3.55. The number of aliphatic hydroxyl groups is 1. The predicted molar refractivity (Wildman–Crippen MR) is 46.5 cm³/mol. The van der Waals surface area contributed by atoms with Crippen LogP contribution in [0.1, 0.15) is 33.6 Å². The summed E-state index contributed by atoms with van der Waals surface area (Å²) in [5.41, 5.74) is 0. The van der Waals surface area contributed by atoms with Crippen LogP contribution in [0.5, 0.6) is 0 Å². The van der Waals surface area contributed by atoms with Gasteiger partial charge in [-0.2, -0.15) is 0 Å². The first-order valence-electron chi connectivity index (χ1n) is 4.59. The van der Waals surface area contributed by atoms with E-state index in [2.05, 4.69) is 12.2 Å². The molecule has 0 aromatic carbocycles. The van der Waals surface area contributed by atoms with Gasteiger partial charge in [-0.15, -0.1) is 0 Å². The topological polar surface area (TPSA) is 32.3 Å². The summed E-state index contributed by atoms with van der Waals surface area (Å²) in [4.78, 5) is 0. The molecule has 0 heterocycles. The van der Waals surface area contributed by atoms with E-state index >= 15 is 0 Å². The van der Waals surface area contributed by atoms with Gasteiger partial charge in [0.2, 0.25) is 0 Å². The third kappa shape index (κ3) is 2.46. The Morgan fingerprint density at radius 1 is 1.55 bits per heavy atom. The normalized spacial score (nSPS) is 34.9. The van der Waals surface area contributed by atoms with E-state index in [0.29, 0.717) is 6.04 Å². The molecule has 2 heteroatoms. The molecule has 4 atom stereocenters. The Kier molecular flexibility index (Phi) is 2.90. The third-order valence-corrected chi connectivity index (χ3v) is 2.65. The molecule has 11 heavy (non-hydrogen) atoms. The molecule has 1 aliphatic carbocycles. The Balaban J connectivity index is 2.13. The highest BCUT2D eigenvalue weighted by molar-refractivity contribution is 4.93. The van der Waals surface area contributed by atoms with Crippen molar-refractivity contribution in [1.29, 1.82) is 0 Å². The van der Waals surface area contributed by atoms with E-state index in [1.165, 1.54) is 12.8 Å². The zero-order valence-corrected chi connectivity index (χ0v) is 7.67. The highest BCUT2D eigenvalue weighted by atomic mass is 16.3. The molecule has 1 aliphatic rings. The van der Waals surface area contributed by atoms with Crippen molar-refractivity contribution in [2.45, 2.75) is 51.8 Å². The summed E-state index contributed by atoms with van der Waals surface area (Å²) in [6.45, 7) is 6.09. The largest absolute Gasteiger partial charge is 0.392 e. The summed E-state index contributed by atoms with van der Waals surface area (Å²) < 4.78 is 0. The lowest BCUT2D eigenvalue weighted by Gasteiger charge is -2.16. The Labute approximate surface area is 69.0 Å². The molecule has 2 nitrogen and oxygen atoms in total. The highest BCUT2D eigenvalue weighted by Crippen LogP contribution is 2.33. The minimum Gasteiger partial charge on any atom is -0.392 e. The second-order valence-electron chi connectivity index (χ2n) is 3.71. The minimum atomic E-state index is -0.229. The van der Waals surface area contributed by atoms with E-state index in [-0.39, 0.29) is 12.1 Å². The van der Waals surface area contributed by atoms with E-state index in [1.54, 1.807) is 0 Å². The lowest BCUT2D eigenvalue weighted by atomic mass is 10.2. The van der Waals surface area contributed by atoms with Gasteiger partial charge in [0.1, 0.15) is 0 Å². The van der Waals surface area contributed by atoms with Crippen LogP contribution in [0.25, 0.3) is 0 Å². The van der Waals surface area contributed by atoms with Crippen LogP contribution in [0.3, 0.4) is 0 Å². The smallest absolute Gasteiger partial charge is 0.0662 e. The molecule has 0 aliphatic heterocycles. The Hall–Kier alpha value is -0.0800. The molecule has 1 saturated carbocycles. The van der Waals surface area contributed by atoms with Crippen LogP contribution in [0, 0.1) is 5.92 Å². The van der Waals surface area contributed by atoms with Crippen LogP contribution in [0.4, 0.5) is 0 Å². The molecule has 4 unspecified atom stereocenters. The molecule has 66 valence electrons. The van der Waals surface area contributed by atoms with Crippen molar-refractivity contribution >= 4 is 0 Å². The number of nitrogens with one attached hydrogen (secondary N) is 1. The molecule has 0 bridgehead atoms. The van der Waals surface area contributed by atoms with Gasteiger partial charge in [0.25, 0.3) is 0 Å². The van der Waals surface area contributed by atoms with Crippen molar-refractivity contribution in [2.75, 3.05) is 0 Å². The van der Waals surface area contributed by atoms with Gasteiger partial charge in [0, 0.05) is 12.1 Å². The third-order valence-electron chi connectivity index (χ3n) is 2.65. The number of rotatable bonds is 4. The maximum Gasteiger partial charge on any atom is 0.0662 e. The average Bonchev–Trinajstić information content (AvgIpc) is 2.67. The van der Waals surface area contributed by atoms with Crippen molar-refractivity contribution in [2.24, 2.45) is 5.92 Å². The summed E-state index contributed by atoms with van der Waals surface area (Å²) in [7, 11) is 0. The molecule has 1 rings (SSSR count). The zero-order valence-electron chi connectivity index (χ0n) is 7.67. The predicted octanol–water partition coefficient (Wildman–Crippen LogP) is 1.14. The van der Waals surface area contributed by atoms with Crippen LogP contribution >= 0.6 is 0 Å². The first kappa shape index (κ1) is 9.01. The van der Waals surface area contributed by atoms with Crippen LogP contribution in [0.2, 0.25) is 0 Å². The van der Waals surface area contributed by atoms with Gasteiger partial charge in [-0.3, -0.25) is 0 Å². The Bertz CT molecular complexity index is 125. The van der Waals surface area contributed by atoms with Crippen molar-refractivity contribution in [1.82, 2.24) is 5.32 Å². The summed E-state index contributed by atoms with van der Waals surface area (Å²) in [6.07, 6.45) is 2.34. The van der Waals surface area contributed by atoms with Crippen LogP contribution in [-0.4, -0.2) is 23.3 Å². The summed E-state index contributed by atoms with van der Waals surface area (Å²) >= 11 is 0. The molecule has 1 fully saturated rings. The molecule has 0 radical (unpaired) electrons. The highest BCUT2D eigenvalue weighted by Gasteiger charge is 2.36. The van der Waals surface area contributed by atoms with Crippen LogP contribution < -0.4 is 5.32 Å². The van der Waals surface area contributed by atoms with E-state index < -0.39 is 0 Å². The Morgan fingerprint density at radius 2 is 2.18 bits per heavy atom. The second-order valence-corrected chi connectivity index (χ2v) is 3.71. The standard InChI is InChI=1S/C9H19NO/c1-4-8-5-9(8)10-6(2)7(3)11/h6-11H,4-5H2,1-3H3. The maximum atomic E-state index is 9.19. The number of hydrogen-bond acceptors (Lipinski definition) is 2. The van der Waals surface area contributed by atoms with Gasteiger partial charge in [-0.25, -0.2) is 0 Å². The Morgan fingerprint density at radius 3 is 2.55 bits per heavy atom. The monoisotopic (exact) mass is 157 g/mol. The fraction of sp³-hybridized carbons (Fsp3) is 1.00. The average molecular weight is 157 g/mol. The molecular weight excluding hydrogens is 138 g/mol. The lowest BCUT2D eigenvalue weighted by Crippen LogP contribution is -2.37. The first-order chi connectivity index (χ1) is 5.15. The fourth-order valence-corrected chi connectivity index (χ4v) is 1.38. The van der Waals surface area contributed by atoms with E-state index in [1.807, 2.05) is 13.8 Å². The summed E-state index contributed by atoms with van der Waals surface area (Å²) in [5, 5.41) is 12.6.